The third kappa shape index (κ3) is 4.23. The maximum Gasteiger partial charge on any atom is 0.260 e. The van der Waals surface area contributed by atoms with Gasteiger partial charge in [-0.15, -0.1) is 12.4 Å². The zero-order chi connectivity index (χ0) is 13.8. The first kappa shape index (κ1) is 17.0. The van der Waals surface area contributed by atoms with Crippen molar-refractivity contribution in [2.75, 3.05) is 26.7 Å². The van der Waals surface area contributed by atoms with Gasteiger partial charge in [-0.2, -0.15) is 0 Å². The van der Waals surface area contributed by atoms with Crippen molar-refractivity contribution in [3.8, 4) is 5.75 Å². The van der Waals surface area contributed by atoms with Gasteiger partial charge in [0.25, 0.3) is 5.91 Å². The van der Waals surface area contributed by atoms with E-state index in [1.807, 2.05) is 0 Å². The van der Waals surface area contributed by atoms with Crippen LogP contribution in [0.1, 0.15) is 6.42 Å². The van der Waals surface area contributed by atoms with Gasteiger partial charge in [0.2, 0.25) is 0 Å². The van der Waals surface area contributed by atoms with E-state index in [2.05, 4.69) is 5.32 Å². The van der Waals surface area contributed by atoms with Gasteiger partial charge in [0.15, 0.2) is 6.61 Å². The molecule has 2 rings (SSSR count). The minimum atomic E-state index is -0.433. The molecule has 1 unspecified atom stereocenters. The predicted molar refractivity (Wildman–Crippen MR) is 78.2 cm³/mol. The Morgan fingerprint density at radius 3 is 2.95 bits per heavy atom. The third-order valence-electron chi connectivity index (χ3n) is 3.22. The third-order valence-corrected chi connectivity index (χ3v) is 3.52. The minimum Gasteiger partial charge on any atom is -0.482 e. The summed E-state index contributed by atoms with van der Waals surface area (Å²) in [6.45, 7) is 1.63. The lowest BCUT2D eigenvalue weighted by molar-refractivity contribution is -0.133. The van der Waals surface area contributed by atoms with Crippen molar-refractivity contribution >= 4 is 29.9 Å². The quantitative estimate of drug-likeness (QED) is 0.923. The Morgan fingerprint density at radius 1 is 1.60 bits per heavy atom. The van der Waals surface area contributed by atoms with Crippen LogP contribution in [0, 0.1) is 5.82 Å². The molecule has 1 heterocycles. The molecule has 4 nitrogen and oxygen atoms in total. The number of rotatable bonds is 4. The highest BCUT2D eigenvalue weighted by Gasteiger charge is 2.23. The lowest BCUT2D eigenvalue weighted by Crippen LogP contribution is -2.40. The summed E-state index contributed by atoms with van der Waals surface area (Å²) in [5.41, 5.74) is 0. The van der Waals surface area contributed by atoms with Crippen LogP contribution in [0.25, 0.3) is 0 Å². The number of nitrogens with zero attached hydrogens (tertiary/aromatic N) is 1. The Balaban J connectivity index is 0.00000200. The molecule has 1 fully saturated rings. The second kappa shape index (κ2) is 7.67. The number of carbonyl (C=O) groups is 1. The van der Waals surface area contributed by atoms with E-state index in [1.54, 1.807) is 11.9 Å². The van der Waals surface area contributed by atoms with Gasteiger partial charge in [0.1, 0.15) is 11.6 Å². The van der Waals surface area contributed by atoms with E-state index >= 15 is 0 Å². The van der Waals surface area contributed by atoms with E-state index in [4.69, 9.17) is 16.3 Å². The fourth-order valence-electron chi connectivity index (χ4n) is 2.01. The van der Waals surface area contributed by atoms with Crippen LogP contribution in [0.3, 0.4) is 0 Å². The number of hydrogen-bond acceptors (Lipinski definition) is 3. The van der Waals surface area contributed by atoms with Gasteiger partial charge in [-0.1, -0.05) is 11.6 Å². The van der Waals surface area contributed by atoms with E-state index in [0.29, 0.717) is 5.75 Å². The van der Waals surface area contributed by atoms with Crippen molar-refractivity contribution in [3.63, 3.8) is 0 Å². The topological polar surface area (TPSA) is 41.6 Å². The molecule has 1 amide bonds. The van der Waals surface area contributed by atoms with Gasteiger partial charge in [-0.3, -0.25) is 4.79 Å². The molecule has 0 aliphatic carbocycles. The molecule has 1 saturated heterocycles. The Morgan fingerprint density at radius 2 is 2.35 bits per heavy atom. The normalized spacial score (nSPS) is 17.4. The maximum absolute atomic E-state index is 12.9. The van der Waals surface area contributed by atoms with Gasteiger partial charge in [-0.25, -0.2) is 4.39 Å². The summed E-state index contributed by atoms with van der Waals surface area (Å²) >= 11 is 5.82. The van der Waals surface area contributed by atoms with Crippen LogP contribution in [0.5, 0.6) is 5.75 Å². The Kier molecular flexibility index (Phi) is 6.52. The van der Waals surface area contributed by atoms with E-state index < -0.39 is 5.82 Å². The first-order valence-corrected chi connectivity index (χ1v) is 6.50. The first-order valence-electron chi connectivity index (χ1n) is 6.12. The van der Waals surface area contributed by atoms with Crippen molar-refractivity contribution in [2.45, 2.75) is 12.5 Å². The Bertz CT molecular complexity index is 468. The summed E-state index contributed by atoms with van der Waals surface area (Å²) in [4.78, 5) is 13.6. The van der Waals surface area contributed by atoms with E-state index in [-0.39, 0.29) is 36.0 Å². The molecule has 0 spiro atoms. The molecule has 1 aromatic carbocycles. The predicted octanol–water partition coefficient (Wildman–Crippen LogP) is 2.10. The second-order valence-corrected chi connectivity index (χ2v) is 4.92. The number of likely N-dealkylation sites (N-methyl/N-ethyl adjacent to an activating group) is 1. The number of ether oxygens (including phenoxy) is 1. The van der Waals surface area contributed by atoms with Crippen LogP contribution in [-0.4, -0.2) is 43.6 Å². The largest absolute Gasteiger partial charge is 0.482 e. The summed E-state index contributed by atoms with van der Waals surface area (Å²) in [7, 11) is 1.76. The molecule has 1 atom stereocenters. The highest BCUT2D eigenvalue weighted by Crippen LogP contribution is 2.24. The Hall–Kier alpha value is -1.04. The lowest BCUT2D eigenvalue weighted by atomic mass is 10.2. The van der Waals surface area contributed by atoms with Crippen LogP contribution in [0.2, 0.25) is 5.02 Å². The number of nitrogens with one attached hydrogen (secondary N) is 1. The zero-order valence-corrected chi connectivity index (χ0v) is 12.6. The van der Waals surface area contributed by atoms with Crippen molar-refractivity contribution in [3.05, 3.63) is 29.0 Å². The van der Waals surface area contributed by atoms with Gasteiger partial charge in [0.05, 0.1) is 5.02 Å². The molecule has 0 saturated carbocycles. The summed E-state index contributed by atoms with van der Waals surface area (Å²) < 4.78 is 18.2. The second-order valence-electron chi connectivity index (χ2n) is 4.51. The van der Waals surface area contributed by atoms with Crippen molar-refractivity contribution in [2.24, 2.45) is 0 Å². The summed E-state index contributed by atoms with van der Waals surface area (Å²) in [6, 6.07) is 4.03. The molecular formula is C13H17Cl2FN2O2. The van der Waals surface area contributed by atoms with E-state index in [1.165, 1.54) is 12.1 Å². The summed E-state index contributed by atoms with van der Waals surface area (Å²) in [5, 5.41) is 3.36. The number of hydrogen-bond donors (Lipinski definition) is 1. The highest BCUT2D eigenvalue weighted by molar-refractivity contribution is 6.32. The summed E-state index contributed by atoms with van der Waals surface area (Å²) in [5.74, 6) is -0.235. The van der Waals surface area contributed by atoms with E-state index in [9.17, 15) is 9.18 Å². The van der Waals surface area contributed by atoms with Crippen LogP contribution < -0.4 is 10.1 Å². The molecule has 112 valence electrons. The summed E-state index contributed by atoms with van der Waals surface area (Å²) in [6.07, 6.45) is 0.944. The molecule has 1 aliphatic rings. The van der Waals surface area contributed by atoms with Crippen molar-refractivity contribution in [1.82, 2.24) is 10.2 Å². The molecule has 0 aromatic heterocycles. The van der Waals surface area contributed by atoms with Gasteiger partial charge in [0, 0.05) is 19.6 Å². The minimum absolute atomic E-state index is 0. The zero-order valence-electron chi connectivity index (χ0n) is 11.1. The molecule has 0 bridgehead atoms. The fraction of sp³-hybridized carbons (Fsp3) is 0.462. The number of carbonyl (C=O) groups excluding carboxylic acids is 1. The number of halogens is 3. The molecule has 20 heavy (non-hydrogen) atoms. The van der Waals surface area contributed by atoms with Crippen molar-refractivity contribution in [1.29, 1.82) is 0 Å². The smallest absolute Gasteiger partial charge is 0.260 e. The van der Waals surface area contributed by atoms with Crippen molar-refractivity contribution < 1.29 is 13.9 Å². The van der Waals surface area contributed by atoms with Gasteiger partial charge in [-0.05, 0) is 31.2 Å². The number of amides is 1. The van der Waals surface area contributed by atoms with Gasteiger partial charge >= 0.3 is 0 Å². The fourth-order valence-corrected chi connectivity index (χ4v) is 2.23. The standard InChI is InChI=1S/C13H16ClFN2O2.ClH/c1-17(10-4-5-16-7-10)13(18)8-19-12-3-2-9(15)6-11(12)14;/h2-3,6,10,16H,4-5,7-8H2,1H3;1H. The number of benzene rings is 1. The van der Waals surface area contributed by atoms with Crippen LogP contribution >= 0.6 is 24.0 Å². The average Bonchev–Trinajstić information content (AvgIpc) is 2.90. The molecular weight excluding hydrogens is 306 g/mol. The maximum atomic E-state index is 12.9. The first-order chi connectivity index (χ1) is 9.08. The van der Waals surface area contributed by atoms with Crippen LogP contribution in [0.4, 0.5) is 4.39 Å². The molecule has 7 heteroatoms. The molecule has 1 aliphatic heterocycles. The van der Waals surface area contributed by atoms with Crippen LogP contribution in [0.15, 0.2) is 18.2 Å². The molecule has 1 N–H and O–H groups in total. The lowest BCUT2D eigenvalue weighted by Gasteiger charge is -2.23. The SMILES string of the molecule is CN(C(=O)COc1ccc(F)cc1Cl)C1CCNC1.Cl. The monoisotopic (exact) mass is 322 g/mol. The average molecular weight is 323 g/mol. The van der Waals surface area contributed by atoms with Crippen LogP contribution in [-0.2, 0) is 4.79 Å². The van der Waals surface area contributed by atoms with E-state index in [0.717, 1.165) is 25.6 Å². The molecule has 0 radical (unpaired) electrons. The Labute approximate surface area is 128 Å². The highest BCUT2D eigenvalue weighted by atomic mass is 35.5. The van der Waals surface area contributed by atoms with Gasteiger partial charge < -0.3 is 15.0 Å². The molecule has 1 aromatic rings.